The van der Waals surface area contributed by atoms with Gasteiger partial charge in [-0.05, 0) is 11.1 Å². The first-order chi connectivity index (χ1) is 5.38. The third-order valence-corrected chi connectivity index (χ3v) is 2.21. The molecule has 0 amide bonds. The van der Waals surface area contributed by atoms with Crippen molar-refractivity contribution in [1.82, 2.24) is 0 Å². The summed E-state index contributed by atoms with van der Waals surface area (Å²) >= 11 is 0. The van der Waals surface area contributed by atoms with Gasteiger partial charge in [0.15, 0.2) is 0 Å². The Bertz CT molecular complexity index is 255. The number of ether oxygens (including phenoxy) is 1. The molecule has 0 fully saturated rings. The quantitative estimate of drug-likeness (QED) is 0.548. The van der Waals surface area contributed by atoms with Crippen molar-refractivity contribution in [3.05, 3.63) is 35.4 Å². The third kappa shape index (κ3) is 1.16. The highest BCUT2D eigenvalue weighted by Crippen LogP contribution is 2.25. The first-order valence-corrected chi connectivity index (χ1v) is 4.03. The molecule has 2 rings (SSSR count). The number of rotatable bonds is 0. The molecule has 0 radical (unpaired) electrons. The molecule has 1 heteroatoms. The third-order valence-electron chi connectivity index (χ3n) is 2.21. The van der Waals surface area contributed by atoms with Gasteiger partial charge in [-0.3, -0.25) is 0 Å². The smallest absolute Gasteiger partial charge is 0.0719 e. The van der Waals surface area contributed by atoms with Crippen molar-refractivity contribution in [2.24, 2.45) is 0 Å². The van der Waals surface area contributed by atoms with E-state index in [1.54, 1.807) is 0 Å². The van der Waals surface area contributed by atoms with Crippen molar-refractivity contribution in [1.29, 1.82) is 0 Å². The van der Waals surface area contributed by atoms with Gasteiger partial charge in [-0.2, -0.15) is 0 Å². The molecule has 58 valence electrons. The Hall–Kier alpha value is -0.820. The molecule has 1 atom stereocenters. The van der Waals surface area contributed by atoms with E-state index >= 15 is 0 Å². The van der Waals surface area contributed by atoms with E-state index in [1.165, 1.54) is 11.1 Å². The fourth-order valence-corrected chi connectivity index (χ4v) is 1.58. The molecule has 0 aromatic heterocycles. The van der Waals surface area contributed by atoms with Crippen molar-refractivity contribution in [3.63, 3.8) is 0 Å². The fourth-order valence-electron chi connectivity index (χ4n) is 1.58. The summed E-state index contributed by atoms with van der Waals surface area (Å²) in [5.74, 6) is 0.569. The molecule has 0 saturated heterocycles. The zero-order valence-corrected chi connectivity index (χ0v) is 6.71. The SMILES string of the molecule is C[C@@H]1COCc2ccccc21. The van der Waals surface area contributed by atoms with Crippen LogP contribution in [0.3, 0.4) is 0 Å². The van der Waals surface area contributed by atoms with Crippen molar-refractivity contribution in [3.8, 4) is 0 Å². The second kappa shape index (κ2) is 2.67. The molecule has 0 bridgehead atoms. The maximum atomic E-state index is 5.41. The molecule has 0 aliphatic carbocycles. The van der Waals surface area contributed by atoms with Crippen LogP contribution in [0.25, 0.3) is 0 Å². The summed E-state index contributed by atoms with van der Waals surface area (Å²) in [6.45, 7) is 3.87. The lowest BCUT2D eigenvalue weighted by molar-refractivity contribution is 0.0951. The highest BCUT2D eigenvalue weighted by molar-refractivity contribution is 5.30. The number of fused-ring (bicyclic) bond motifs is 1. The lowest BCUT2D eigenvalue weighted by Gasteiger charge is -2.21. The Labute approximate surface area is 67.0 Å². The van der Waals surface area contributed by atoms with Gasteiger partial charge >= 0.3 is 0 Å². The molecule has 1 nitrogen and oxygen atoms in total. The minimum Gasteiger partial charge on any atom is -0.376 e. The highest BCUT2D eigenvalue weighted by Gasteiger charge is 2.14. The molecule has 1 aromatic rings. The average Bonchev–Trinajstić information content (AvgIpc) is 2.06. The predicted molar refractivity (Wildman–Crippen MR) is 44.5 cm³/mol. The van der Waals surface area contributed by atoms with Crippen LogP contribution in [0.5, 0.6) is 0 Å². The summed E-state index contributed by atoms with van der Waals surface area (Å²) in [6, 6.07) is 8.51. The molecule has 11 heavy (non-hydrogen) atoms. The van der Waals surface area contributed by atoms with Gasteiger partial charge in [-0.15, -0.1) is 0 Å². The van der Waals surface area contributed by atoms with Gasteiger partial charge in [0.25, 0.3) is 0 Å². The van der Waals surface area contributed by atoms with E-state index in [-0.39, 0.29) is 0 Å². The van der Waals surface area contributed by atoms with Gasteiger partial charge in [0.1, 0.15) is 0 Å². The number of benzene rings is 1. The lowest BCUT2D eigenvalue weighted by Crippen LogP contribution is -2.13. The van der Waals surface area contributed by atoms with Crippen LogP contribution in [0.1, 0.15) is 24.0 Å². The van der Waals surface area contributed by atoms with Gasteiger partial charge in [0.05, 0.1) is 13.2 Å². The van der Waals surface area contributed by atoms with E-state index in [0.717, 1.165) is 13.2 Å². The van der Waals surface area contributed by atoms with Crippen LogP contribution in [-0.2, 0) is 11.3 Å². The van der Waals surface area contributed by atoms with Crippen LogP contribution in [0.2, 0.25) is 0 Å². The van der Waals surface area contributed by atoms with Crippen LogP contribution >= 0.6 is 0 Å². The van der Waals surface area contributed by atoms with Gasteiger partial charge in [0.2, 0.25) is 0 Å². The van der Waals surface area contributed by atoms with Crippen LogP contribution in [0.15, 0.2) is 24.3 Å². The summed E-state index contributed by atoms with van der Waals surface area (Å²) in [4.78, 5) is 0. The molecule has 1 aliphatic heterocycles. The summed E-state index contributed by atoms with van der Waals surface area (Å²) in [6.07, 6.45) is 0. The van der Waals surface area contributed by atoms with Crippen LogP contribution < -0.4 is 0 Å². The molecule has 0 unspecified atom stereocenters. The van der Waals surface area contributed by atoms with Crippen molar-refractivity contribution >= 4 is 0 Å². The maximum absolute atomic E-state index is 5.41. The van der Waals surface area contributed by atoms with Gasteiger partial charge in [0, 0.05) is 5.92 Å². The minimum absolute atomic E-state index is 0.569. The largest absolute Gasteiger partial charge is 0.376 e. The van der Waals surface area contributed by atoms with E-state index in [2.05, 4.69) is 31.2 Å². The maximum Gasteiger partial charge on any atom is 0.0719 e. The Morgan fingerprint density at radius 2 is 2.18 bits per heavy atom. The molecule has 0 saturated carbocycles. The Morgan fingerprint density at radius 3 is 3.00 bits per heavy atom. The predicted octanol–water partition coefficient (Wildman–Crippen LogP) is 2.32. The van der Waals surface area contributed by atoms with E-state index < -0.39 is 0 Å². The number of hydrogen-bond donors (Lipinski definition) is 0. The molecule has 1 aliphatic rings. The zero-order chi connectivity index (χ0) is 7.68. The Balaban J connectivity index is 2.44. The standard InChI is InChI=1S/C10H12O/c1-8-6-11-7-9-4-2-3-5-10(8)9/h2-5,8H,6-7H2,1H3/t8-/m1/s1. The van der Waals surface area contributed by atoms with E-state index in [0.29, 0.717) is 5.92 Å². The first kappa shape index (κ1) is 6.86. The molecular formula is C10H12O. The summed E-state index contributed by atoms with van der Waals surface area (Å²) < 4.78 is 5.41. The molecule has 0 spiro atoms. The van der Waals surface area contributed by atoms with Gasteiger partial charge in [-0.25, -0.2) is 0 Å². The van der Waals surface area contributed by atoms with E-state index in [9.17, 15) is 0 Å². The molecule has 0 N–H and O–H groups in total. The summed E-state index contributed by atoms with van der Waals surface area (Å²) in [7, 11) is 0. The Kier molecular flexibility index (Phi) is 1.66. The zero-order valence-electron chi connectivity index (χ0n) is 6.71. The second-order valence-electron chi connectivity index (χ2n) is 3.11. The minimum atomic E-state index is 0.569. The lowest BCUT2D eigenvalue weighted by atomic mass is 9.95. The van der Waals surface area contributed by atoms with Crippen molar-refractivity contribution in [2.75, 3.05) is 6.61 Å². The Morgan fingerprint density at radius 1 is 1.36 bits per heavy atom. The van der Waals surface area contributed by atoms with Crippen LogP contribution in [-0.4, -0.2) is 6.61 Å². The van der Waals surface area contributed by atoms with Gasteiger partial charge in [-0.1, -0.05) is 31.2 Å². The average molecular weight is 148 g/mol. The fraction of sp³-hybridized carbons (Fsp3) is 0.400. The molecule has 1 heterocycles. The highest BCUT2D eigenvalue weighted by atomic mass is 16.5. The topological polar surface area (TPSA) is 9.23 Å². The number of hydrogen-bond acceptors (Lipinski definition) is 1. The molecule has 1 aromatic carbocycles. The van der Waals surface area contributed by atoms with Crippen LogP contribution in [0.4, 0.5) is 0 Å². The second-order valence-corrected chi connectivity index (χ2v) is 3.11. The normalized spacial score (nSPS) is 22.8. The van der Waals surface area contributed by atoms with E-state index in [4.69, 9.17) is 4.74 Å². The monoisotopic (exact) mass is 148 g/mol. The van der Waals surface area contributed by atoms with Gasteiger partial charge < -0.3 is 4.74 Å². The summed E-state index contributed by atoms with van der Waals surface area (Å²) in [5.41, 5.74) is 2.81. The first-order valence-electron chi connectivity index (χ1n) is 4.03. The molecular weight excluding hydrogens is 136 g/mol. The van der Waals surface area contributed by atoms with Crippen molar-refractivity contribution in [2.45, 2.75) is 19.4 Å². The van der Waals surface area contributed by atoms with E-state index in [1.807, 2.05) is 0 Å². The summed E-state index contributed by atoms with van der Waals surface area (Å²) in [5, 5.41) is 0. The van der Waals surface area contributed by atoms with Crippen LogP contribution in [0, 0.1) is 0 Å². The van der Waals surface area contributed by atoms with Crippen molar-refractivity contribution < 1.29 is 4.74 Å².